The first-order valence-corrected chi connectivity index (χ1v) is 8.03. The highest BCUT2D eigenvalue weighted by atomic mass is 79.9. The molecule has 1 heterocycles. The Labute approximate surface area is 129 Å². The predicted molar refractivity (Wildman–Crippen MR) is 86.2 cm³/mol. The Balaban J connectivity index is 1.81. The number of anilines is 1. The molecule has 20 heavy (non-hydrogen) atoms. The molecule has 0 saturated carbocycles. The molecule has 0 aromatic heterocycles. The molecule has 1 aromatic rings. The van der Waals surface area contributed by atoms with Gasteiger partial charge in [0.25, 0.3) is 0 Å². The minimum atomic E-state index is 0.0762. The average molecular weight is 340 g/mol. The van der Waals surface area contributed by atoms with Crippen LogP contribution in [0.2, 0.25) is 0 Å². The topological polar surface area (TPSA) is 35.6 Å². The Morgan fingerprint density at radius 1 is 1.30 bits per heavy atom. The highest BCUT2D eigenvalue weighted by Gasteiger charge is 2.20. The average Bonchev–Trinajstić information content (AvgIpc) is 2.47. The van der Waals surface area contributed by atoms with E-state index >= 15 is 0 Å². The molecule has 1 fully saturated rings. The Morgan fingerprint density at radius 3 is 2.70 bits per heavy atom. The number of rotatable bonds is 4. The number of halogens is 1. The standard InChI is InChI=1S/C15H22BrN3O/c1-2-3-7-17-15(20)19-10-8-18(9-11-19)14-6-4-5-13(16)12-14/h4-6,12H,2-3,7-11H2,1H3,(H,17,20). The quantitative estimate of drug-likeness (QED) is 0.855. The number of carbonyl (C=O) groups excluding carboxylic acids is 1. The molecule has 0 bridgehead atoms. The van der Waals surface area contributed by atoms with Gasteiger partial charge in [-0.15, -0.1) is 0 Å². The van der Waals surface area contributed by atoms with Crippen LogP contribution >= 0.6 is 15.9 Å². The van der Waals surface area contributed by atoms with Crippen molar-refractivity contribution in [2.24, 2.45) is 0 Å². The van der Waals surface area contributed by atoms with Gasteiger partial charge in [-0.1, -0.05) is 35.3 Å². The van der Waals surface area contributed by atoms with Crippen LogP contribution in [-0.4, -0.2) is 43.7 Å². The van der Waals surface area contributed by atoms with Crippen molar-refractivity contribution in [1.82, 2.24) is 10.2 Å². The first-order valence-electron chi connectivity index (χ1n) is 7.24. The van der Waals surface area contributed by atoms with E-state index in [2.05, 4.69) is 45.2 Å². The fourth-order valence-corrected chi connectivity index (χ4v) is 2.71. The fourth-order valence-electron chi connectivity index (χ4n) is 2.32. The number of unbranched alkanes of at least 4 members (excludes halogenated alkanes) is 1. The molecule has 1 aliphatic rings. The van der Waals surface area contributed by atoms with Gasteiger partial charge in [-0.3, -0.25) is 0 Å². The van der Waals surface area contributed by atoms with Gasteiger partial charge in [0.1, 0.15) is 0 Å². The molecule has 5 heteroatoms. The molecule has 1 N–H and O–H groups in total. The SMILES string of the molecule is CCCCNC(=O)N1CCN(c2cccc(Br)c2)CC1. The van der Waals surface area contributed by atoms with Gasteiger partial charge in [0, 0.05) is 42.9 Å². The van der Waals surface area contributed by atoms with Crippen LogP contribution in [0, 0.1) is 0 Å². The lowest BCUT2D eigenvalue weighted by Crippen LogP contribution is -2.52. The van der Waals surface area contributed by atoms with Crippen molar-refractivity contribution in [3.05, 3.63) is 28.7 Å². The summed E-state index contributed by atoms with van der Waals surface area (Å²) in [5, 5.41) is 2.98. The molecular formula is C15H22BrN3O. The van der Waals surface area contributed by atoms with Gasteiger partial charge >= 0.3 is 6.03 Å². The maximum absolute atomic E-state index is 12.0. The molecule has 110 valence electrons. The second kappa shape index (κ2) is 7.53. The van der Waals surface area contributed by atoms with E-state index in [0.717, 1.165) is 50.0 Å². The second-order valence-electron chi connectivity index (χ2n) is 5.04. The van der Waals surface area contributed by atoms with Gasteiger partial charge in [0.15, 0.2) is 0 Å². The molecule has 2 amide bonds. The molecule has 2 rings (SSSR count). The van der Waals surface area contributed by atoms with Gasteiger partial charge in [-0.2, -0.15) is 0 Å². The van der Waals surface area contributed by atoms with Crippen molar-refractivity contribution in [1.29, 1.82) is 0 Å². The number of urea groups is 1. The van der Waals surface area contributed by atoms with E-state index in [1.54, 1.807) is 0 Å². The maximum atomic E-state index is 12.0. The van der Waals surface area contributed by atoms with E-state index < -0.39 is 0 Å². The van der Waals surface area contributed by atoms with Crippen LogP contribution in [0.15, 0.2) is 28.7 Å². The van der Waals surface area contributed by atoms with Gasteiger partial charge in [-0.05, 0) is 24.6 Å². The first kappa shape index (κ1) is 15.2. The summed E-state index contributed by atoms with van der Waals surface area (Å²) in [7, 11) is 0. The summed E-state index contributed by atoms with van der Waals surface area (Å²) >= 11 is 3.50. The van der Waals surface area contributed by atoms with Crippen LogP contribution in [-0.2, 0) is 0 Å². The normalized spacial score (nSPS) is 15.3. The Hall–Kier alpha value is -1.23. The molecule has 1 aromatic carbocycles. The van der Waals surface area contributed by atoms with Crippen LogP contribution in [0.5, 0.6) is 0 Å². The number of nitrogens with zero attached hydrogens (tertiary/aromatic N) is 2. The maximum Gasteiger partial charge on any atom is 0.317 e. The van der Waals surface area contributed by atoms with E-state index in [-0.39, 0.29) is 6.03 Å². The summed E-state index contributed by atoms with van der Waals surface area (Å²) in [4.78, 5) is 16.2. The monoisotopic (exact) mass is 339 g/mol. The Morgan fingerprint density at radius 2 is 2.05 bits per heavy atom. The highest BCUT2D eigenvalue weighted by Crippen LogP contribution is 2.21. The third kappa shape index (κ3) is 4.13. The summed E-state index contributed by atoms with van der Waals surface area (Å²) in [5.74, 6) is 0. The predicted octanol–water partition coefficient (Wildman–Crippen LogP) is 3.08. The minimum Gasteiger partial charge on any atom is -0.368 e. The van der Waals surface area contributed by atoms with E-state index in [1.807, 2.05) is 17.0 Å². The largest absolute Gasteiger partial charge is 0.368 e. The van der Waals surface area contributed by atoms with Crippen molar-refractivity contribution in [2.75, 3.05) is 37.6 Å². The highest BCUT2D eigenvalue weighted by molar-refractivity contribution is 9.10. The van der Waals surface area contributed by atoms with Crippen molar-refractivity contribution in [3.8, 4) is 0 Å². The van der Waals surface area contributed by atoms with Gasteiger partial charge in [0.2, 0.25) is 0 Å². The zero-order chi connectivity index (χ0) is 14.4. The van der Waals surface area contributed by atoms with Gasteiger partial charge in [-0.25, -0.2) is 4.79 Å². The van der Waals surface area contributed by atoms with E-state index in [4.69, 9.17) is 0 Å². The summed E-state index contributed by atoms with van der Waals surface area (Å²) in [6.45, 7) is 6.24. The van der Waals surface area contributed by atoms with Crippen LogP contribution in [0.1, 0.15) is 19.8 Å². The number of hydrogen-bond acceptors (Lipinski definition) is 2. The van der Waals surface area contributed by atoms with Crippen LogP contribution in [0.3, 0.4) is 0 Å². The number of nitrogens with one attached hydrogen (secondary N) is 1. The van der Waals surface area contributed by atoms with Crippen molar-refractivity contribution in [3.63, 3.8) is 0 Å². The lowest BCUT2D eigenvalue weighted by atomic mass is 10.2. The van der Waals surface area contributed by atoms with E-state index in [1.165, 1.54) is 5.69 Å². The van der Waals surface area contributed by atoms with Gasteiger partial charge in [0.05, 0.1) is 0 Å². The molecule has 0 radical (unpaired) electrons. The molecular weight excluding hydrogens is 318 g/mol. The molecule has 0 aliphatic carbocycles. The zero-order valence-electron chi connectivity index (χ0n) is 11.9. The third-order valence-electron chi connectivity index (χ3n) is 3.55. The van der Waals surface area contributed by atoms with Gasteiger partial charge < -0.3 is 15.1 Å². The second-order valence-corrected chi connectivity index (χ2v) is 5.96. The van der Waals surface area contributed by atoms with Crippen molar-refractivity contribution in [2.45, 2.75) is 19.8 Å². The fraction of sp³-hybridized carbons (Fsp3) is 0.533. The summed E-state index contributed by atoms with van der Waals surface area (Å²) < 4.78 is 1.09. The third-order valence-corrected chi connectivity index (χ3v) is 4.04. The minimum absolute atomic E-state index is 0.0762. The zero-order valence-corrected chi connectivity index (χ0v) is 13.5. The smallest absolute Gasteiger partial charge is 0.317 e. The van der Waals surface area contributed by atoms with Crippen LogP contribution < -0.4 is 10.2 Å². The summed E-state index contributed by atoms with van der Waals surface area (Å²) in [5.41, 5.74) is 1.21. The Kier molecular flexibility index (Phi) is 5.71. The number of hydrogen-bond donors (Lipinski definition) is 1. The molecule has 4 nitrogen and oxygen atoms in total. The summed E-state index contributed by atoms with van der Waals surface area (Å²) in [6, 6.07) is 8.38. The van der Waals surface area contributed by atoms with Crippen molar-refractivity contribution >= 4 is 27.6 Å². The van der Waals surface area contributed by atoms with Crippen LogP contribution in [0.25, 0.3) is 0 Å². The molecule has 1 saturated heterocycles. The first-order chi connectivity index (χ1) is 9.70. The lowest BCUT2D eigenvalue weighted by Gasteiger charge is -2.36. The molecule has 1 aliphatic heterocycles. The summed E-state index contributed by atoms with van der Waals surface area (Å²) in [6.07, 6.45) is 2.15. The van der Waals surface area contributed by atoms with Crippen molar-refractivity contribution < 1.29 is 4.79 Å². The van der Waals surface area contributed by atoms with E-state index in [0.29, 0.717) is 0 Å². The number of amides is 2. The molecule has 0 atom stereocenters. The van der Waals surface area contributed by atoms with E-state index in [9.17, 15) is 4.79 Å². The molecule has 0 spiro atoms. The number of carbonyl (C=O) groups is 1. The molecule has 0 unspecified atom stereocenters. The Bertz CT molecular complexity index is 444. The number of piperazine rings is 1. The number of benzene rings is 1. The lowest BCUT2D eigenvalue weighted by molar-refractivity contribution is 0.194. The van der Waals surface area contributed by atoms with Crippen LogP contribution in [0.4, 0.5) is 10.5 Å².